The first kappa shape index (κ1) is 16.9. The summed E-state index contributed by atoms with van der Waals surface area (Å²) in [5.41, 5.74) is 1.53. The second-order valence-electron chi connectivity index (χ2n) is 5.02. The molecule has 0 radical (unpaired) electrons. The molecule has 2 rings (SSSR count). The van der Waals surface area contributed by atoms with Crippen molar-refractivity contribution in [2.45, 2.75) is 20.0 Å². The van der Waals surface area contributed by atoms with E-state index in [1.807, 2.05) is 19.1 Å². The number of amides is 1. The van der Waals surface area contributed by atoms with Crippen molar-refractivity contribution in [1.29, 1.82) is 0 Å². The standard InChI is InChI=1S/C17H17NO4S/c1-11-5-7-13(8-6-11)16(20)12(2)22-15(19)10-18-17(21)14-4-3-9-23-14/h3-9,12H,10H2,1-2H3,(H,18,21)/t12-/m0/s1. The number of aryl methyl sites for hydroxylation is 1. The molecule has 0 aliphatic heterocycles. The molecule has 1 amide bonds. The van der Waals surface area contributed by atoms with Crippen LogP contribution in [0.5, 0.6) is 0 Å². The molecule has 0 fully saturated rings. The first-order valence-electron chi connectivity index (χ1n) is 7.09. The summed E-state index contributed by atoms with van der Waals surface area (Å²) in [6.45, 7) is 3.16. The summed E-state index contributed by atoms with van der Waals surface area (Å²) >= 11 is 1.28. The van der Waals surface area contributed by atoms with Gasteiger partial charge in [0.1, 0.15) is 6.54 Å². The van der Waals surface area contributed by atoms with Crippen LogP contribution in [0, 0.1) is 6.92 Å². The zero-order chi connectivity index (χ0) is 16.8. The third kappa shape index (κ3) is 4.75. The molecular formula is C17H17NO4S. The van der Waals surface area contributed by atoms with Crippen LogP contribution < -0.4 is 5.32 Å². The Morgan fingerprint density at radius 3 is 2.48 bits per heavy atom. The number of nitrogens with one attached hydrogen (secondary N) is 1. The van der Waals surface area contributed by atoms with E-state index in [0.29, 0.717) is 10.4 Å². The van der Waals surface area contributed by atoms with Crippen molar-refractivity contribution >= 4 is 29.0 Å². The molecule has 0 aliphatic carbocycles. The van der Waals surface area contributed by atoms with E-state index < -0.39 is 12.1 Å². The molecule has 1 aromatic carbocycles. The fourth-order valence-corrected chi connectivity index (χ4v) is 2.53. The van der Waals surface area contributed by atoms with E-state index in [9.17, 15) is 14.4 Å². The topological polar surface area (TPSA) is 72.5 Å². The SMILES string of the molecule is Cc1ccc(C(=O)[C@H](C)OC(=O)CNC(=O)c2cccs2)cc1. The van der Waals surface area contributed by atoms with Crippen LogP contribution in [0.2, 0.25) is 0 Å². The molecular weight excluding hydrogens is 314 g/mol. The normalized spacial score (nSPS) is 11.6. The maximum atomic E-state index is 12.2. The van der Waals surface area contributed by atoms with Crippen molar-refractivity contribution in [2.75, 3.05) is 6.54 Å². The molecule has 1 N–H and O–H groups in total. The number of ketones is 1. The lowest BCUT2D eigenvalue weighted by Gasteiger charge is -2.12. The average Bonchev–Trinajstić information content (AvgIpc) is 3.07. The van der Waals surface area contributed by atoms with Gasteiger partial charge in [-0.15, -0.1) is 11.3 Å². The number of hydrogen-bond acceptors (Lipinski definition) is 5. The maximum Gasteiger partial charge on any atom is 0.326 e. The Kier molecular flexibility index (Phi) is 5.65. The molecule has 0 aliphatic rings. The average molecular weight is 331 g/mol. The number of Topliss-reactive ketones (excluding diaryl/α,β-unsaturated/α-hetero) is 1. The highest BCUT2D eigenvalue weighted by atomic mass is 32.1. The number of carbonyl (C=O) groups excluding carboxylic acids is 3. The van der Waals surface area contributed by atoms with Gasteiger partial charge in [0.2, 0.25) is 5.78 Å². The fraction of sp³-hybridized carbons (Fsp3) is 0.235. The predicted molar refractivity (Wildman–Crippen MR) is 87.7 cm³/mol. The Labute approximate surface area is 138 Å². The lowest BCUT2D eigenvalue weighted by Crippen LogP contribution is -2.33. The second kappa shape index (κ2) is 7.69. The summed E-state index contributed by atoms with van der Waals surface area (Å²) in [4.78, 5) is 36.1. The molecule has 6 heteroatoms. The second-order valence-corrected chi connectivity index (χ2v) is 5.97. The summed E-state index contributed by atoms with van der Waals surface area (Å²) in [7, 11) is 0. The van der Waals surface area contributed by atoms with Crippen molar-refractivity contribution in [3.63, 3.8) is 0 Å². The van der Waals surface area contributed by atoms with E-state index in [1.165, 1.54) is 18.3 Å². The minimum atomic E-state index is -0.899. The molecule has 1 aromatic heterocycles. The van der Waals surface area contributed by atoms with Crippen molar-refractivity contribution < 1.29 is 19.1 Å². The first-order valence-corrected chi connectivity index (χ1v) is 7.97. The van der Waals surface area contributed by atoms with Crippen LogP contribution in [0.25, 0.3) is 0 Å². The molecule has 0 bridgehead atoms. The molecule has 0 saturated heterocycles. The summed E-state index contributed by atoms with van der Waals surface area (Å²) in [6.07, 6.45) is -0.899. The molecule has 1 atom stereocenters. The Bertz CT molecular complexity index is 692. The lowest BCUT2D eigenvalue weighted by molar-refractivity contribution is -0.145. The van der Waals surface area contributed by atoms with E-state index in [-0.39, 0.29) is 18.2 Å². The van der Waals surface area contributed by atoms with Crippen LogP contribution in [0.4, 0.5) is 0 Å². The van der Waals surface area contributed by atoms with Gasteiger partial charge < -0.3 is 10.1 Å². The van der Waals surface area contributed by atoms with Gasteiger partial charge in [0.25, 0.3) is 5.91 Å². The molecule has 2 aromatic rings. The highest BCUT2D eigenvalue weighted by Gasteiger charge is 2.19. The maximum absolute atomic E-state index is 12.2. The predicted octanol–water partition coefficient (Wildman–Crippen LogP) is 2.60. The Morgan fingerprint density at radius 1 is 1.17 bits per heavy atom. The number of hydrogen-bond donors (Lipinski definition) is 1. The molecule has 0 spiro atoms. The Morgan fingerprint density at radius 2 is 1.87 bits per heavy atom. The number of carbonyl (C=O) groups is 3. The van der Waals surface area contributed by atoms with Crippen LogP contribution >= 0.6 is 11.3 Å². The monoisotopic (exact) mass is 331 g/mol. The van der Waals surface area contributed by atoms with E-state index in [1.54, 1.807) is 29.6 Å². The lowest BCUT2D eigenvalue weighted by atomic mass is 10.1. The van der Waals surface area contributed by atoms with Gasteiger partial charge in [0, 0.05) is 5.56 Å². The third-order valence-corrected chi connectivity index (χ3v) is 4.02. The van der Waals surface area contributed by atoms with Gasteiger partial charge in [-0.25, -0.2) is 0 Å². The van der Waals surface area contributed by atoms with Gasteiger partial charge in [0.05, 0.1) is 4.88 Å². The molecule has 5 nitrogen and oxygen atoms in total. The van der Waals surface area contributed by atoms with Crippen molar-refractivity contribution in [3.8, 4) is 0 Å². The smallest absolute Gasteiger partial charge is 0.326 e. The highest BCUT2D eigenvalue weighted by Crippen LogP contribution is 2.09. The fourth-order valence-electron chi connectivity index (χ4n) is 1.89. The Hall–Kier alpha value is -2.47. The molecule has 0 unspecified atom stereocenters. The third-order valence-electron chi connectivity index (χ3n) is 3.15. The van der Waals surface area contributed by atoms with Gasteiger partial charge >= 0.3 is 5.97 Å². The van der Waals surface area contributed by atoms with Crippen LogP contribution in [-0.4, -0.2) is 30.3 Å². The van der Waals surface area contributed by atoms with Crippen molar-refractivity contribution in [1.82, 2.24) is 5.32 Å². The number of benzene rings is 1. The number of esters is 1. The van der Waals surface area contributed by atoms with Gasteiger partial charge in [-0.2, -0.15) is 0 Å². The largest absolute Gasteiger partial charge is 0.453 e. The molecule has 23 heavy (non-hydrogen) atoms. The van der Waals surface area contributed by atoms with Crippen LogP contribution in [-0.2, 0) is 9.53 Å². The van der Waals surface area contributed by atoms with Crippen molar-refractivity contribution in [2.24, 2.45) is 0 Å². The molecule has 1 heterocycles. The summed E-state index contributed by atoms with van der Waals surface area (Å²) in [6, 6.07) is 10.4. The number of ether oxygens (including phenoxy) is 1. The van der Waals surface area contributed by atoms with E-state index >= 15 is 0 Å². The number of rotatable bonds is 6. The van der Waals surface area contributed by atoms with Crippen LogP contribution in [0.3, 0.4) is 0 Å². The number of thiophene rings is 1. The molecule has 120 valence electrons. The van der Waals surface area contributed by atoms with Gasteiger partial charge in [-0.3, -0.25) is 14.4 Å². The van der Waals surface area contributed by atoms with Crippen molar-refractivity contribution in [3.05, 3.63) is 57.8 Å². The van der Waals surface area contributed by atoms with E-state index in [0.717, 1.165) is 5.56 Å². The van der Waals surface area contributed by atoms with Gasteiger partial charge in [0.15, 0.2) is 6.10 Å². The zero-order valence-electron chi connectivity index (χ0n) is 12.9. The quantitative estimate of drug-likeness (QED) is 0.652. The van der Waals surface area contributed by atoms with Crippen LogP contribution in [0.1, 0.15) is 32.5 Å². The summed E-state index contributed by atoms with van der Waals surface area (Å²) in [5, 5.41) is 4.24. The first-order chi connectivity index (χ1) is 11.0. The minimum Gasteiger partial charge on any atom is -0.453 e. The van der Waals surface area contributed by atoms with Crippen LogP contribution in [0.15, 0.2) is 41.8 Å². The minimum absolute atomic E-state index is 0.275. The van der Waals surface area contributed by atoms with E-state index in [2.05, 4.69) is 5.32 Å². The zero-order valence-corrected chi connectivity index (χ0v) is 13.7. The van der Waals surface area contributed by atoms with E-state index in [4.69, 9.17) is 4.74 Å². The summed E-state index contributed by atoms with van der Waals surface area (Å²) < 4.78 is 5.06. The van der Waals surface area contributed by atoms with Gasteiger partial charge in [-0.05, 0) is 25.3 Å². The highest BCUT2D eigenvalue weighted by molar-refractivity contribution is 7.12. The summed E-state index contributed by atoms with van der Waals surface area (Å²) in [5.74, 6) is -1.26. The Balaban J connectivity index is 1.83. The van der Waals surface area contributed by atoms with Gasteiger partial charge in [-0.1, -0.05) is 35.9 Å². The molecule has 0 saturated carbocycles.